The Balaban J connectivity index is 0.000000829. The van der Waals surface area contributed by atoms with Gasteiger partial charge in [0.05, 0.1) is 0 Å². The number of aromatic nitrogens is 2. The molecule has 5 nitrogen and oxygen atoms in total. The van der Waals surface area contributed by atoms with Crippen LogP contribution in [0, 0.1) is 0 Å². The van der Waals surface area contributed by atoms with Crippen molar-refractivity contribution in [2.24, 2.45) is 0 Å². The first-order valence-corrected chi connectivity index (χ1v) is 7.45. The van der Waals surface area contributed by atoms with Gasteiger partial charge in [-0.1, -0.05) is 27.7 Å². The topological polar surface area (TPSA) is 56.1 Å². The monoisotopic (exact) mass is 283 g/mol. The van der Waals surface area contributed by atoms with Crippen LogP contribution in [0.15, 0.2) is 12.4 Å². The number of alkyl carbamates (subject to hydrolysis) is 1. The summed E-state index contributed by atoms with van der Waals surface area (Å²) in [4.78, 5) is 15.8. The van der Waals surface area contributed by atoms with Crippen molar-refractivity contribution in [3.8, 4) is 0 Å². The van der Waals surface area contributed by atoms with Crippen molar-refractivity contribution in [1.82, 2.24) is 14.9 Å². The molecule has 1 atom stereocenters. The molecule has 1 aromatic rings. The fourth-order valence-corrected chi connectivity index (χ4v) is 1.76. The van der Waals surface area contributed by atoms with Crippen molar-refractivity contribution in [2.75, 3.05) is 0 Å². The molecule has 1 amide bonds. The van der Waals surface area contributed by atoms with Gasteiger partial charge in [0.15, 0.2) is 6.10 Å². The second-order valence-corrected chi connectivity index (χ2v) is 5.04. The maximum atomic E-state index is 11.6. The number of carbonyl (C=O) groups excluding carboxylic acids is 1. The van der Waals surface area contributed by atoms with Gasteiger partial charge in [0.1, 0.15) is 5.82 Å². The second-order valence-electron chi connectivity index (χ2n) is 5.04. The van der Waals surface area contributed by atoms with E-state index in [2.05, 4.69) is 10.3 Å². The molecule has 0 unspecified atom stereocenters. The maximum absolute atomic E-state index is 11.6. The lowest BCUT2D eigenvalue weighted by Gasteiger charge is -2.21. The molecule has 0 aromatic carbocycles. The zero-order chi connectivity index (χ0) is 15.8. The SMILES string of the molecule is CC.CC.CC(C)(C)NC(=O)O[C@@H]1CCn2ccnc21. The first-order valence-electron chi connectivity index (χ1n) is 7.45. The highest BCUT2D eigenvalue weighted by Crippen LogP contribution is 2.27. The van der Waals surface area contributed by atoms with Crippen LogP contribution >= 0.6 is 0 Å². The summed E-state index contributed by atoms with van der Waals surface area (Å²) in [5.41, 5.74) is -0.273. The second kappa shape index (κ2) is 8.61. The van der Waals surface area contributed by atoms with Gasteiger partial charge in [-0.15, -0.1) is 0 Å². The first-order chi connectivity index (χ1) is 9.46. The molecule has 0 spiro atoms. The van der Waals surface area contributed by atoms with Crippen molar-refractivity contribution in [3.05, 3.63) is 18.2 Å². The molecule has 0 saturated heterocycles. The summed E-state index contributed by atoms with van der Waals surface area (Å²) in [5, 5.41) is 2.77. The number of amides is 1. The van der Waals surface area contributed by atoms with E-state index in [1.54, 1.807) is 6.20 Å². The van der Waals surface area contributed by atoms with E-state index in [-0.39, 0.29) is 17.7 Å². The zero-order valence-corrected chi connectivity index (χ0v) is 13.9. The minimum Gasteiger partial charge on any atom is -0.438 e. The molecular weight excluding hydrogens is 254 g/mol. The highest BCUT2D eigenvalue weighted by molar-refractivity contribution is 5.68. The van der Waals surface area contributed by atoms with E-state index in [0.717, 1.165) is 18.8 Å². The van der Waals surface area contributed by atoms with Crippen LogP contribution in [0.4, 0.5) is 4.79 Å². The molecule has 5 heteroatoms. The molecule has 0 radical (unpaired) electrons. The van der Waals surface area contributed by atoms with E-state index < -0.39 is 0 Å². The standard InChI is InChI=1S/C11H17N3O2.2C2H6/c1-11(2,3)13-10(15)16-8-4-6-14-7-5-12-9(8)14;2*1-2/h5,7-8H,4,6H2,1-3H3,(H,13,15);2*1-2H3/t8-;;/m1../s1. The fraction of sp³-hybridized carbons (Fsp3) is 0.733. The van der Waals surface area contributed by atoms with Crippen LogP contribution in [-0.2, 0) is 11.3 Å². The molecule has 2 heterocycles. The molecule has 0 fully saturated rings. The molecular formula is C15H29N3O2. The summed E-state index contributed by atoms with van der Waals surface area (Å²) < 4.78 is 7.35. The smallest absolute Gasteiger partial charge is 0.408 e. The number of carbonyl (C=O) groups is 1. The third-order valence-electron chi connectivity index (χ3n) is 2.39. The van der Waals surface area contributed by atoms with E-state index in [9.17, 15) is 4.79 Å². The van der Waals surface area contributed by atoms with E-state index >= 15 is 0 Å². The average Bonchev–Trinajstić information content (AvgIpc) is 2.97. The van der Waals surface area contributed by atoms with Crippen LogP contribution in [0.5, 0.6) is 0 Å². The summed E-state index contributed by atoms with van der Waals surface area (Å²) in [6.45, 7) is 14.6. The number of rotatable bonds is 1. The van der Waals surface area contributed by atoms with Gasteiger partial charge in [0, 0.05) is 30.9 Å². The minimum absolute atomic E-state index is 0.211. The van der Waals surface area contributed by atoms with E-state index in [1.165, 1.54) is 0 Å². The Labute approximate surface area is 122 Å². The lowest BCUT2D eigenvalue weighted by Crippen LogP contribution is -2.41. The van der Waals surface area contributed by atoms with E-state index in [0.29, 0.717) is 0 Å². The number of nitrogens with zero attached hydrogens (tertiary/aromatic N) is 2. The Morgan fingerprint density at radius 3 is 2.50 bits per heavy atom. The van der Waals surface area contributed by atoms with Gasteiger partial charge in [-0.3, -0.25) is 0 Å². The third kappa shape index (κ3) is 5.63. The molecule has 0 saturated carbocycles. The lowest BCUT2D eigenvalue weighted by molar-refractivity contribution is 0.0898. The molecule has 116 valence electrons. The highest BCUT2D eigenvalue weighted by Gasteiger charge is 2.28. The fourth-order valence-electron chi connectivity index (χ4n) is 1.76. The van der Waals surface area contributed by atoms with E-state index in [1.807, 2.05) is 59.2 Å². The van der Waals surface area contributed by atoms with Crippen LogP contribution in [0.25, 0.3) is 0 Å². The summed E-state index contributed by atoms with van der Waals surface area (Å²) in [5.74, 6) is 0.837. The molecule has 1 N–H and O–H groups in total. The number of ether oxygens (including phenoxy) is 1. The number of hydrogen-bond donors (Lipinski definition) is 1. The quantitative estimate of drug-likeness (QED) is 0.850. The molecule has 1 aliphatic heterocycles. The van der Waals surface area contributed by atoms with Gasteiger partial charge in [-0.2, -0.15) is 0 Å². The Morgan fingerprint density at radius 1 is 1.35 bits per heavy atom. The van der Waals surface area contributed by atoms with Crippen LogP contribution in [0.2, 0.25) is 0 Å². The zero-order valence-electron chi connectivity index (χ0n) is 13.9. The molecule has 2 rings (SSSR count). The predicted octanol–water partition coefficient (Wildman–Crippen LogP) is 3.91. The number of fused-ring (bicyclic) bond motifs is 1. The summed E-state index contributed by atoms with van der Waals surface area (Å²) in [7, 11) is 0. The van der Waals surface area contributed by atoms with Crippen LogP contribution in [0.1, 0.15) is 66.8 Å². The predicted molar refractivity (Wildman–Crippen MR) is 81.7 cm³/mol. The highest BCUT2D eigenvalue weighted by atomic mass is 16.6. The molecule has 1 aliphatic rings. The Morgan fingerprint density at radius 2 is 1.95 bits per heavy atom. The Hall–Kier alpha value is -1.52. The first kappa shape index (κ1) is 18.5. The van der Waals surface area contributed by atoms with Crippen molar-refractivity contribution in [1.29, 1.82) is 0 Å². The maximum Gasteiger partial charge on any atom is 0.408 e. The molecule has 0 bridgehead atoms. The number of hydrogen-bond acceptors (Lipinski definition) is 3. The average molecular weight is 283 g/mol. The van der Waals surface area contributed by atoms with E-state index in [4.69, 9.17) is 4.74 Å². The van der Waals surface area contributed by atoms with Crippen molar-refractivity contribution < 1.29 is 9.53 Å². The summed E-state index contributed by atoms with van der Waals surface area (Å²) >= 11 is 0. The largest absolute Gasteiger partial charge is 0.438 e. The number of imidazole rings is 1. The third-order valence-corrected chi connectivity index (χ3v) is 2.39. The minimum atomic E-state index is -0.381. The van der Waals surface area contributed by atoms with Crippen LogP contribution in [-0.4, -0.2) is 21.2 Å². The van der Waals surface area contributed by atoms with Crippen LogP contribution < -0.4 is 5.32 Å². The Kier molecular flexibility index (Phi) is 7.96. The summed E-state index contributed by atoms with van der Waals surface area (Å²) in [6, 6.07) is 0. The van der Waals surface area contributed by atoms with Gasteiger partial charge in [0.2, 0.25) is 0 Å². The number of nitrogens with one attached hydrogen (secondary N) is 1. The molecule has 0 aliphatic carbocycles. The molecule has 1 aromatic heterocycles. The van der Waals surface area contributed by atoms with Crippen molar-refractivity contribution in [2.45, 2.75) is 73.1 Å². The number of aryl methyl sites for hydroxylation is 1. The van der Waals surface area contributed by atoms with Gasteiger partial charge in [-0.25, -0.2) is 9.78 Å². The van der Waals surface area contributed by atoms with Crippen molar-refractivity contribution in [3.63, 3.8) is 0 Å². The summed E-state index contributed by atoms with van der Waals surface area (Å²) in [6.07, 6.45) is 3.85. The lowest BCUT2D eigenvalue weighted by atomic mass is 10.1. The van der Waals surface area contributed by atoms with Gasteiger partial charge in [0.25, 0.3) is 0 Å². The van der Waals surface area contributed by atoms with Gasteiger partial charge < -0.3 is 14.6 Å². The van der Waals surface area contributed by atoms with Gasteiger partial charge in [-0.05, 0) is 20.8 Å². The van der Waals surface area contributed by atoms with Crippen LogP contribution in [0.3, 0.4) is 0 Å². The Bertz CT molecular complexity index is 394. The normalized spacial score (nSPS) is 16.1. The molecule has 20 heavy (non-hydrogen) atoms. The van der Waals surface area contributed by atoms with Crippen molar-refractivity contribution >= 4 is 6.09 Å². The van der Waals surface area contributed by atoms with Gasteiger partial charge >= 0.3 is 6.09 Å².